The van der Waals surface area contributed by atoms with Crippen LogP contribution in [0.3, 0.4) is 0 Å². The van der Waals surface area contributed by atoms with Crippen molar-refractivity contribution in [3.05, 3.63) is 108 Å². The van der Waals surface area contributed by atoms with Crippen molar-refractivity contribution in [1.29, 1.82) is 0 Å². The average molecular weight is 352 g/mol. The first kappa shape index (κ1) is 19.2. The summed E-state index contributed by atoms with van der Waals surface area (Å²) in [6.45, 7) is 4.22. The highest BCUT2D eigenvalue weighted by molar-refractivity contribution is 5.85. The summed E-state index contributed by atoms with van der Waals surface area (Å²) in [5.74, 6) is 0.897. The van der Waals surface area contributed by atoms with Crippen molar-refractivity contribution < 1.29 is 0 Å². The lowest BCUT2D eigenvalue weighted by atomic mass is 9.91. The maximum Gasteiger partial charge on any atom is 0.0214 e. The predicted octanol–water partition coefficient (Wildman–Crippen LogP) is 5.63. The second-order valence-corrected chi connectivity index (χ2v) is 6.34. The minimum atomic E-state index is 0. The zero-order chi connectivity index (χ0) is 16.6. The number of hydrogen-bond donors (Lipinski definition) is 1. The Bertz CT molecular complexity index is 673. The van der Waals surface area contributed by atoms with E-state index >= 15 is 0 Å². The quantitative estimate of drug-likeness (QED) is 0.581. The Labute approximate surface area is 157 Å². The molecule has 1 nitrogen and oxygen atoms in total. The largest absolute Gasteiger partial charge is 0.315 e. The molecular formula is C23H26ClN. The van der Waals surface area contributed by atoms with Gasteiger partial charge in [-0.1, -0.05) is 97.9 Å². The molecule has 3 aromatic rings. The molecule has 0 aromatic heterocycles. The van der Waals surface area contributed by atoms with Crippen LogP contribution in [0.2, 0.25) is 0 Å². The topological polar surface area (TPSA) is 12.0 Å². The molecular weight excluding hydrogens is 326 g/mol. The molecule has 0 saturated carbocycles. The molecule has 3 rings (SSSR count). The zero-order valence-corrected chi connectivity index (χ0v) is 15.5. The van der Waals surface area contributed by atoms with E-state index in [1.54, 1.807) is 0 Å². The van der Waals surface area contributed by atoms with Gasteiger partial charge in [-0.3, -0.25) is 0 Å². The van der Waals surface area contributed by atoms with Gasteiger partial charge in [0.1, 0.15) is 0 Å². The molecule has 0 bridgehead atoms. The summed E-state index contributed by atoms with van der Waals surface area (Å²) in [7, 11) is 0. The third kappa shape index (κ3) is 5.45. The summed E-state index contributed by atoms with van der Waals surface area (Å²) >= 11 is 0. The van der Waals surface area contributed by atoms with Crippen LogP contribution < -0.4 is 5.32 Å². The van der Waals surface area contributed by atoms with Gasteiger partial charge in [0, 0.05) is 19.0 Å². The van der Waals surface area contributed by atoms with Gasteiger partial charge in [-0.2, -0.15) is 0 Å². The van der Waals surface area contributed by atoms with Gasteiger partial charge < -0.3 is 5.32 Å². The second-order valence-electron chi connectivity index (χ2n) is 6.34. The highest BCUT2D eigenvalue weighted by Crippen LogP contribution is 2.24. The van der Waals surface area contributed by atoms with Gasteiger partial charge in [-0.15, -0.1) is 12.4 Å². The van der Waals surface area contributed by atoms with Crippen molar-refractivity contribution in [3.63, 3.8) is 0 Å². The van der Waals surface area contributed by atoms with Crippen LogP contribution in [-0.2, 0) is 0 Å². The molecule has 0 radical (unpaired) electrons. The first-order chi connectivity index (χ1) is 11.8. The Balaban J connectivity index is 0.00000225. The molecule has 0 spiro atoms. The van der Waals surface area contributed by atoms with Gasteiger partial charge in [-0.05, 0) is 22.6 Å². The van der Waals surface area contributed by atoms with E-state index in [2.05, 4.69) is 103 Å². The van der Waals surface area contributed by atoms with Gasteiger partial charge in [0.05, 0.1) is 0 Å². The van der Waals surface area contributed by atoms with E-state index in [9.17, 15) is 0 Å². The van der Waals surface area contributed by atoms with Crippen molar-refractivity contribution in [3.8, 4) is 0 Å². The van der Waals surface area contributed by atoms with E-state index in [0.29, 0.717) is 11.8 Å². The van der Waals surface area contributed by atoms with Crippen molar-refractivity contribution in [2.45, 2.75) is 18.8 Å². The molecule has 0 fully saturated rings. The van der Waals surface area contributed by atoms with Crippen LogP contribution >= 0.6 is 12.4 Å². The monoisotopic (exact) mass is 351 g/mol. The number of halogens is 1. The van der Waals surface area contributed by atoms with Crippen molar-refractivity contribution in [2.24, 2.45) is 0 Å². The van der Waals surface area contributed by atoms with Crippen molar-refractivity contribution in [2.75, 3.05) is 13.1 Å². The lowest BCUT2D eigenvalue weighted by molar-refractivity contribution is 0.587. The van der Waals surface area contributed by atoms with Gasteiger partial charge in [-0.25, -0.2) is 0 Å². The molecule has 0 heterocycles. The van der Waals surface area contributed by atoms with Crippen molar-refractivity contribution in [1.82, 2.24) is 5.32 Å². The molecule has 1 unspecified atom stereocenters. The third-order valence-electron chi connectivity index (χ3n) is 4.57. The molecule has 0 saturated heterocycles. The number of benzene rings is 3. The van der Waals surface area contributed by atoms with E-state index in [4.69, 9.17) is 0 Å². The highest BCUT2D eigenvalue weighted by atomic mass is 35.5. The summed E-state index contributed by atoms with van der Waals surface area (Å²) in [5.41, 5.74) is 4.12. The third-order valence-corrected chi connectivity index (χ3v) is 4.57. The molecule has 0 amide bonds. The van der Waals surface area contributed by atoms with Crippen LogP contribution in [0.25, 0.3) is 0 Å². The maximum atomic E-state index is 3.68. The number of hydrogen-bond acceptors (Lipinski definition) is 1. The molecule has 3 aromatic carbocycles. The van der Waals surface area contributed by atoms with Crippen LogP contribution in [0.4, 0.5) is 0 Å². The first-order valence-corrected chi connectivity index (χ1v) is 8.70. The summed E-state index contributed by atoms with van der Waals surface area (Å²) in [4.78, 5) is 0. The fraction of sp³-hybridized carbons (Fsp3) is 0.217. The molecule has 0 aliphatic rings. The predicted molar refractivity (Wildman–Crippen MR) is 110 cm³/mol. The zero-order valence-electron chi connectivity index (χ0n) is 14.6. The number of nitrogens with one attached hydrogen (secondary N) is 1. The van der Waals surface area contributed by atoms with Crippen molar-refractivity contribution >= 4 is 12.4 Å². The minimum Gasteiger partial charge on any atom is -0.315 e. The van der Waals surface area contributed by atoms with Gasteiger partial charge in [0.2, 0.25) is 0 Å². The summed E-state index contributed by atoms with van der Waals surface area (Å²) < 4.78 is 0. The molecule has 0 aliphatic carbocycles. The fourth-order valence-corrected chi connectivity index (χ4v) is 3.14. The van der Waals surface area contributed by atoms with Crippen LogP contribution in [0.15, 0.2) is 91.0 Å². The van der Waals surface area contributed by atoms with Crippen LogP contribution in [0.1, 0.15) is 35.4 Å². The molecule has 0 aliphatic heterocycles. The highest BCUT2D eigenvalue weighted by Gasteiger charge is 2.14. The normalized spacial score (nSPS) is 11.8. The van der Waals surface area contributed by atoms with Gasteiger partial charge >= 0.3 is 0 Å². The smallest absolute Gasteiger partial charge is 0.0214 e. The lowest BCUT2D eigenvalue weighted by Crippen LogP contribution is -2.26. The molecule has 130 valence electrons. The fourth-order valence-electron chi connectivity index (χ4n) is 3.14. The SMILES string of the molecule is CC(CNCC(c1ccccc1)c1ccccc1)c1ccccc1.Cl. The van der Waals surface area contributed by atoms with E-state index in [1.807, 2.05) is 0 Å². The van der Waals surface area contributed by atoms with Crippen LogP contribution in [0.5, 0.6) is 0 Å². The summed E-state index contributed by atoms with van der Waals surface area (Å²) in [6, 6.07) is 32.3. The van der Waals surface area contributed by atoms with Gasteiger partial charge in [0.15, 0.2) is 0 Å². The van der Waals surface area contributed by atoms with Crippen LogP contribution in [-0.4, -0.2) is 13.1 Å². The Morgan fingerprint density at radius 2 is 1.00 bits per heavy atom. The Morgan fingerprint density at radius 3 is 1.44 bits per heavy atom. The minimum absolute atomic E-state index is 0. The lowest BCUT2D eigenvalue weighted by Gasteiger charge is -2.20. The molecule has 2 heteroatoms. The maximum absolute atomic E-state index is 3.68. The molecule has 1 N–H and O–H groups in total. The first-order valence-electron chi connectivity index (χ1n) is 8.70. The number of rotatable bonds is 7. The summed E-state index contributed by atoms with van der Waals surface area (Å²) in [6.07, 6.45) is 0. The van der Waals surface area contributed by atoms with E-state index < -0.39 is 0 Å². The van der Waals surface area contributed by atoms with E-state index in [0.717, 1.165) is 13.1 Å². The molecule has 1 atom stereocenters. The van der Waals surface area contributed by atoms with E-state index in [-0.39, 0.29) is 12.4 Å². The standard InChI is InChI=1S/C23H25N.ClH/c1-19(20-11-5-2-6-12-20)17-24-18-23(21-13-7-3-8-14-21)22-15-9-4-10-16-22;/h2-16,19,23-24H,17-18H2,1H3;1H. The Morgan fingerprint density at radius 1 is 0.600 bits per heavy atom. The second kappa shape index (κ2) is 10.0. The summed E-state index contributed by atoms with van der Waals surface area (Å²) in [5, 5.41) is 3.68. The van der Waals surface area contributed by atoms with Crippen LogP contribution in [0, 0.1) is 0 Å². The molecule has 25 heavy (non-hydrogen) atoms. The van der Waals surface area contributed by atoms with E-state index in [1.165, 1.54) is 16.7 Å². The average Bonchev–Trinajstić information content (AvgIpc) is 2.67. The Kier molecular flexibility index (Phi) is 7.72. The Hall–Kier alpha value is -2.09. The van der Waals surface area contributed by atoms with Gasteiger partial charge in [0.25, 0.3) is 0 Å².